The lowest BCUT2D eigenvalue weighted by Gasteiger charge is -2.29. The van der Waals surface area contributed by atoms with E-state index in [1.165, 1.54) is 17.2 Å². The summed E-state index contributed by atoms with van der Waals surface area (Å²) in [4.78, 5) is 40.0. The van der Waals surface area contributed by atoms with Crippen LogP contribution in [0, 0.1) is 6.92 Å². The molecule has 1 unspecified atom stereocenters. The highest BCUT2D eigenvalue weighted by atomic mass is 35.5. The summed E-state index contributed by atoms with van der Waals surface area (Å²) in [6, 6.07) is 12.9. The Kier molecular flexibility index (Phi) is 8.58. The fraction of sp³-hybridized carbons (Fsp3) is 0.321. The van der Waals surface area contributed by atoms with Gasteiger partial charge in [0.25, 0.3) is 5.56 Å². The van der Waals surface area contributed by atoms with Gasteiger partial charge in [-0.3, -0.25) is 9.59 Å². The van der Waals surface area contributed by atoms with Crippen LogP contribution < -0.4 is 21.1 Å². The number of pyridine rings is 1. The Morgan fingerprint density at radius 1 is 1.08 bits per heavy atom. The van der Waals surface area contributed by atoms with Crippen LogP contribution in [-0.2, 0) is 11.3 Å². The van der Waals surface area contributed by atoms with Crippen LogP contribution in [0.1, 0.15) is 48.4 Å². The molecule has 1 aliphatic rings. The highest BCUT2D eigenvalue weighted by Crippen LogP contribution is 2.27. The van der Waals surface area contributed by atoms with E-state index in [0.717, 1.165) is 31.6 Å². The lowest BCUT2D eigenvalue weighted by Crippen LogP contribution is -2.36. The SMILES string of the molecule is Cc1cn(Cc2ccccc2Cl)c(=O)c(NC(=O)NC(CC(=O)O)c2cccc(N3CCCCC3)c2)c1O. The van der Waals surface area contributed by atoms with Gasteiger partial charge < -0.3 is 30.3 Å². The van der Waals surface area contributed by atoms with E-state index in [4.69, 9.17) is 11.6 Å². The van der Waals surface area contributed by atoms with Crippen LogP contribution in [0.15, 0.2) is 59.5 Å². The normalized spacial score (nSPS) is 14.1. The van der Waals surface area contributed by atoms with Crippen LogP contribution >= 0.6 is 11.6 Å². The molecule has 2 heterocycles. The summed E-state index contributed by atoms with van der Waals surface area (Å²) in [6.07, 6.45) is 4.51. The summed E-state index contributed by atoms with van der Waals surface area (Å²) in [5, 5.41) is 25.7. The second-order valence-electron chi connectivity index (χ2n) is 9.45. The highest BCUT2D eigenvalue weighted by molar-refractivity contribution is 6.31. The first-order valence-electron chi connectivity index (χ1n) is 12.5. The molecule has 4 N–H and O–H groups in total. The number of carbonyl (C=O) groups excluding carboxylic acids is 1. The minimum Gasteiger partial charge on any atom is -0.505 e. The molecule has 1 atom stereocenters. The maximum atomic E-state index is 13.2. The van der Waals surface area contributed by atoms with Crippen molar-refractivity contribution in [3.8, 4) is 5.75 Å². The van der Waals surface area contributed by atoms with Crippen molar-refractivity contribution in [3.05, 3.63) is 86.8 Å². The fourth-order valence-electron chi connectivity index (χ4n) is 4.66. The second kappa shape index (κ2) is 12.0. The standard InChI is InChI=1S/C28H31ClN4O5/c1-18-16-33(17-20-8-3-4-11-22(20)29)27(37)25(26(18)36)31-28(38)30-23(15-24(34)35)19-9-7-10-21(14-19)32-12-5-2-6-13-32/h3-4,7-11,14,16,23,36H,2,5-6,12-13,15,17H2,1H3,(H,34,35)(H2,30,31,38). The number of nitrogens with zero attached hydrogens (tertiary/aromatic N) is 2. The number of anilines is 2. The number of nitrogens with one attached hydrogen (secondary N) is 2. The molecule has 0 radical (unpaired) electrons. The van der Waals surface area contributed by atoms with E-state index >= 15 is 0 Å². The maximum absolute atomic E-state index is 13.2. The molecule has 0 aliphatic carbocycles. The van der Waals surface area contributed by atoms with Gasteiger partial charge in [0.05, 0.1) is 19.0 Å². The number of carbonyl (C=O) groups is 2. The largest absolute Gasteiger partial charge is 0.505 e. The van der Waals surface area contributed by atoms with Gasteiger partial charge in [0.2, 0.25) is 0 Å². The topological polar surface area (TPSA) is 124 Å². The third-order valence-electron chi connectivity index (χ3n) is 6.65. The Morgan fingerprint density at radius 3 is 2.53 bits per heavy atom. The predicted molar refractivity (Wildman–Crippen MR) is 147 cm³/mol. The number of urea groups is 1. The Labute approximate surface area is 225 Å². The summed E-state index contributed by atoms with van der Waals surface area (Å²) in [7, 11) is 0. The van der Waals surface area contributed by atoms with E-state index in [1.54, 1.807) is 37.3 Å². The summed E-state index contributed by atoms with van der Waals surface area (Å²) in [6.45, 7) is 3.60. The monoisotopic (exact) mass is 538 g/mol. The van der Waals surface area contributed by atoms with Crippen LogP contribution in [0.3, 0.4) is 0 Å². The second-order valence-corrected chi connectivity index (χ2v) is 9.86. The van der Waals surface area contributed by atoms with Crippen LogP contribution in [-0.4, -0.2) is 39.9 Å². The molecule has 200 valence electrons. The zero-order valence-corrected chi connectivity index (χ0v) is 21.9. The number of piperidine rings is 1. The molecule has 1 fully saturated rings. The van der Waals surface area contributed by atoms with Gasteiger partial charge in [-0.2, -0.15) is 0 Å². The molecular formula is C28H31ClN4O5. The van der Waals surface area contributed by atoms with Gasteiger partial charge >= 0.3 is 12.0 Å². The van der Waals surface area contributed by atoms with Gasteiger partial charge in [-0.1, -0.05) is 41.9 Å². The number of aryl methyl sites for hydroxylation is 1. The first-order valence-corrected chi connectivity index (χ1v) is 12.9. The summed E-state index contributed by atoms with van der Waals surface area (Å²) < 4.78 is 1.35. The third-order valence-corrected chi connectivity index (χ3v) is 7.02. The molecule has 1 aliphatic heterocycles. The van der Waals surface area contributed by atoms with E-state index in [1.807, 2.05) is 18.2 Å². The van der Waals surface area contributed by atoms with E-state index in [0.29, 0.717) is 21.7 Å². The van der Waals surface area contributed by atoms with Crippen molar-refractivity contribution in [2.24, 2.45) is 0 Å². The van der Waals surface area contributed by atoms with E-state index in [2.05, 4.69) is 15.5 Å². The van der Waals surface area contributed by atoms with Crippen molar-refractivity contribution in [3.63, 3.8) is 0 Å². The minimum atomic E-state index is -1.08. The molecular weight excluding hydrogens is 508 g/mol. The average Bonchev–Trinajstić information content (AvgIpc) is 2.91. The fourth-order valence-corrected chi connectivity index (χ4v) is 4.86. The number of carboxylic acids is 1. The van der Waals surface area contributed by atoms with E-state index < -0.39 is 23.6 Å². The van der Waals surface area contributed by atoms with Crippen molar-refractivity contribution < 1.29 is 19.8 Å². The Morgan fingerprint density at radius 2 is 1.82 bits per heavy atom. The first kappa shape index (κ1) is 27.1. The Hall–Kier alpha value is -3.98. The van der Waals surface area contributed by atoms with Gasteiger partial charge in [0.15, 0.2) is 5.69 Å². The van der Waals surface area contributed by atoms with Crippen LogP contribution in [0.5, 0.6) is 5.75 Å². The summed E-state index contributed by atoms with van der Waals surface area (Å²) in [5.41, 5.74) is 1.76. The van der Waals surface area contributed by atoms with Gasteiger partial charge in [-0.15, -0.1) is 0 Å². The Bertz CT molecular complexity index is 1380. The molecule has 10 heteroatoms. The molecule has 0 spiro atoms. The number of amides is 2. The third kappa shape index (κ3) is 6.47. The number of aromatic hydroxyl groups is 1. The predicted octanol–water partition coefficient (Wildman–Crippen LogP) is 4.89. The molecule has 9 nitrogen and oxygen atoms in total. The Balaban J connectivity index is 1.56. The zero-order chi connectivity index (χ0) is 27.2. The van der Waals surface area contributed by atoms with Crippen molar-refractivity contribution in [1.82, 2.24) is 9.88 Å². The van der Waals surface area contributed by atoms with Crippen molar-refractivity contribution in [1.29, 1.82) is 0 Å². The van der Waals surface area contributed by atoms with Crippen molar-refractivity contribution >= 4 is 35.0 Å². The number of hydrogen-bond acceptors (Lipinski definition) is 5. The van der Waals surface area contributed by atoms with Crippen molar-refractivity contribution in [2.75, 3.05) is 23.3 Å². The van der Waals surface area contributed by atoms with Crippen molar-refractivity contribution in [2.45, 2.75) is 45.2 Å². The maximum Gasteiger partial charge on any atom is 0.319 e. The lowest BCUT2D eigenvalue weighted by atomic mass is 10.0. The quantitative estimate of drug-likeness (QED) is 0.324. The number of carboxylic acid groups (broad SMARTS) is 1. The lowest BCUT2D eigenvalue weighted by molar-refractivity contribution is -0.137. The average molecular weight is 539 g/mol. The van der Waals surface area contributed by atoms with E-state index in [9.17, 15) is 24.6 Å². The highest BCUT2D eigenvalue weighted by Gasteiger charge is 2.22. The molecule has 3 aromatic rings. The first-order chi connectivity index (χ1) is 18.2. The molecule has 0 saturated carbocycles. The van der Waals surface area contributed by atoms with Crippen LogP contribution in [0.25, 0.3) is 0 Å². The minimum absolute atomic E-state index is 0.140. The number of benzene rings is 2. The number of aromatic nitrogens is 1. The molecule has 2 aromatic carbocycles. The molecule has 0 bridgehead atoms. The molecule has 1 saturated heterocycles. The molecule has 4 rings (SSSR count). The number of halogens is 1. The van der Waals surface area contributed by atoms with E-state index in [-0.39, 0.29) is 24.4 Å². The molecule has 38 heavy (non-hydrogen) atoms. The summed E-state index contributed by atoms with van der Waals surface area (Å²) >= 11 is 6.24. The molecule has 2 amide bonds. The zero-order valence-electron chi connectivity index (χ0n) is 21.1. The van der Waals surface area contributed by atoms with Gasteiger partial charge in [-0.25, -0.2) is 4.79 Å². The van der Waals surface area contributed by atoms with Gasteiger partial charge in [0, 0.05) is 35.6 Å². The van der Waals surface area contributed by atoms with Crippen LogP contribution in [0.2, 0.25) is 5.02 Å². The number of aliphatic carboxylic acids is 1. The molecule has 1 aromatic heterocycles. The number of rotatable bonds is 8. The van der Waals surface area contributed by atoms with Crippen LogP contribution in [0.4, 0.5) is 16.2 Å². The smallest absolute Gasteiger partial charge is 0.319 e. The van der Waals surface area contributed by atoms with Gasteiger partial charge in [-0.05, 0) is 55.5 Å². The number of hydrogen-bond donors (Lipinski definition) is 4. The summed E-state index contributed by atoms with van der Waals surface area (Å²) in [5.74, 6) is -1.44. The van der Waals surface area contributed by atoms with Gasteiger partial charge in [0.1, 0.15) is 5.75 Å².